The first-order valence-corrected chi connectivity index (χ1v) is 13.6. The van der Waals surface area contributed by atoms with E-state index in [1.165, 1.54) is 11.6 Å². The fraction of sp³-hybridized carbons (Fsp3) is 0.452. The van der Waals surface area contributed by atoms with E-state index in [0.717, 1.165) is 57.0 Å². The Labute approximate surface area is 226 Å². The molecule has 1 aromatic rings. The van der Waals surface area contributed by atoms with Gasteiger partial charge in [0, 0.05) is 31.1 Å². The van der Waals surface area contributed by atoms with Crippen LogP contribution in [0.15, 0.2) is 52.5 Å². The molecule has 8 nitrogen and oxygen atoms in total. The first-order valence-electron chi connectivity index (χ1n) is 13.6. The van der Waals surface area contributed by atoms with Crippen molar-refractivity contribution in [3.8, 4) is 5.75 Å². The largest absolute Gasteiger partial charge is 0.511 e. The lowest BCUT2D eigenvalue weighted by Gasteiger charge is -2.45. The zero-order chi connectivity index (χ0) is 27.6. The summed E-state index contributed by atoms with van der Waals surface area (Å²) in [6, 6.07) is 3.30. The van der Waals surface area contributed by atoms with Crippen LogP contribution < -0.4 is 0 Å². The first kappa shape index (κ1) is 25.8. The van der Waals surface area contributed by atoms with Crippen LogP contribution in [0.2, 0.25) is 0 Å². The fourth-order valence-electron chi connectivity index (χ4n) is 7.26. The van der Waals surface area contributed by atoms with Crippen LogP contribution in [0.25, 0.3) is 5.57 Å². The van der Waals surface area contributed by atoms with Crippen LogP contribution in [0.5, 0.6) is 5.75 Å². The number of carbonyl (C=O) groups is 3. The SMILES string of the molecule is CC(=O)C1=C(O)C[C@H]2C[C@H]3Cc4c(C5=CC=C(CC6CCOCC6)C5)ccc(O)c4C(=O)C3=C(O)[C@@]2(O)C1=O. The first-order chi connectivity index (χ1) is 18.6. The van der Waals surface area contributed by atoms with Gasteiger partial charge in [0.2, 0.25) is 5.78 Å². The van der Waals surface area contributed by atoms with E-state index >= 15 is 0 Å². The van der Waals surface area contributed by atoms with Gasteiger partial charge >= 0.3 is 0 Å². The molecule has 1 saturated heterocycles. The van der Waals surface area contributed by atoms with Crippen LogP contribution >= 0.6 is 0 Å². The maximum Gasteiger partial charge on any atom is 0.209 e. The van der Waals surface area contributed by atoms with Gasteiger partial charge in [-0.25, -0.2) is 0 Å². The highest BCUT2D eigenvalue weighted by Crippen LogP contribution is 2.52. The van der Waals surface area contributed by atoms with Crippen LogP contribution in [0.4, 0.5) is 0 Å². The average Bonchev–Trinajstić information content (AvgIpc) is 3.34. The standard InChI is InChI=1S/C31H32O8/c1-15(32)25-24(34)14-20-12-19-13-22-21(18-3-2-17(11-18)10-16-6-8-39-9-7-16)4-5-23(33)27(22)28(35)26(19)30(37)31(20,38)29(25)36/h2-5,16,19-20,33-34,37-38H,6-14H2,1H3/t19-,20+,31-/m0/s1. The molecule has 0 amide bonds. The van der Waals surface area contributed by atoms with E-state index in [0.29, 0.717) is 17.9 Å². The normalized spacial score (nSPS) is 29.1. The number of phenolic OH excluding ortho intramolecular Hbond substituents is 1. The van der Waals surface area contributed by atoms with Gasteiger partial charge in [0.1, 0.15) is 22.8 Å². The van der Waals surface area contributed by atoms with Gasteiger partial charge in [-0.3, -0.25) is 14.4 Å². The molecule has 1 aromatic carbocycles. The Bertz CT molecular complexity index is 1430. The van der Waals surface area contributed by atoms with Gasteiger partial charge in [0.15, 0.2) is 17.2 Å². The number of benzene rings is 1. The van der Waals surface area contributed by atoms with Gasteiger partial charge in [-0.15, -0.1) is 0 Å². The molecule has 0 saturated carbocycles. The third-order valence-corrected chi connectivity index (χ3v) is 9.23. The van der Waals surface area contributed by atoms with E-state index in [1.54, 1.807) is 0 Å². The van der Waals surface area contributed by atoms with Gasteiger partial charge in [0.25, 0.3) is 0 Å². The summed E-state index contributed by atoms with van der Waals surface area (Å²) in [6.45, 7) is 2.69. The Morgan fingerprint density at radius 3 is 2.54 bits per heavy atom. The molecule has 1 aliphatic heterocycles. The number of allylic oxidation sites excluding steroid dienone is 6. The van der Waals surface area contributed by atoms with E-state index in [1.807, 2.05) is 6.07 Å². The van der Waals surface area contributed by atoms with E-state index in [-0.39, 0.29) is 29.7 Å². The summed E-state index contributed by atoms with van der Waals surface area (Å²) in [5.41, 5.74) is 0.877. The lowest BCUT2D eigenvalue weighted by molar-refractivity contribution is -0.144. The molecule has 0 unspecified atom stereocenters. The molecule has 204 valence electrons. The topological polar surface area (TPSA) is 141 Å². The Hall–Kier alpha value is -3.49. The summed E-state index contributed by atoms with van der Waals surface area (Å²) in [7, 11) is 0. The van der Waals surface area contributed by atoms with Crippen LogP contribution in [0.1, 0.15) is 66.9 Å². The Morgan fingerprint density at radius 1 is 1.08 bits per heavy atom. The minimum atomic E-state index is -2.48. The molecule has 1 fully saturated rings. The molecule has 4 N–H and O–H groups in total. The van der Waals surface area contributed by atoms with Crippen molar-refractivity contribution in [2.75, 3.05) is 13.2 Å². The number of hydrogen-bond donors (Lipinski definition) is 4. The number of rotatable bonds is 4. The van der Waals surface area contributed by atoms with E-state index in [2.05, 4.69) is 12.2 Å². The molecule has 6 rings (SSSR count). The van der Waals surface area contributed by atoms with Crippen LogP contribution in [0.3, 0.4) is 0 Å². The van der Waals surface area contributed by atoms with Gasteiger partial charge in [-0.2, -0.15) is 0 Å². The number of Topliss-reactive ketones (excluding diaryl/α,β-unsaturated/α-hetero) is 3. The van der Waals surface area contributed by atoms with Gasteiger partial charge < -0.3 is 25.2 Å². The monoisotopic (exact) mass is 532 g/mol. The zero-order valence-electron chi connectivity index (χ0n) is 21.8. The summed E-state index contributed by atoms with van der Waals surface area (Å²) >= 11 is 0. The predicted octanol–water partition coefficient (Wildman–Crippen LogP) is 4.21. The van der Waals surface area contributed by atoms with E-state index in [9.17, 15) is 34.8 Å². The minimum Gasteiger partial charge on any atom is -0.511 e. The molecule has 0 bridgehead atoms. The second kappa shape index (κ2) is 9.31. The van der Waals surface area contributed by atoms with Crippen molar-refractivity contribution in [2.24, 2.45) is 17.8 Å². The lowest BCUT2D eigenvalue weighted by atomic mass is 9.59. The number of aromatic hydroxyl groups is 1. The lowest BCUT2D eigenvalue weighted by Crippen LogP contribution is -2.56. The Morgan fingerprint density at radius 2 is 1.82 bits per heavy atom. The Kier molecular flexibility index (Phi) is 6.15. The molecule has 3 atom stereocenters. The van der Waals surface area contributed by atoms with Crippen molar-refractivity contribution in [3.05, 3.63) is 69.2 Å². The van der Waals surface area contributed by atoms with Crippen LogP contribution in [0, 0.1) is 17.8 Å². The van der Waals surface area contributed by atoms with Gasteiger partial charge in [-0.05, 0) is 80.1 Å². The number of aliphatic hydroxyl groups excluding tert-OH is 2. The molecule has 0 spiro atoms. The summed E-state index contributed by atoms with van der Waals surface area (Å²) in [5.74, 6) is -4.67. The van der Waals surface area contributed by atoms with Gasteiger partial charge in [-0.1, -0.05) is 23.8 Å². The van der Waals surface area contributed by atoms with Crippen molar-refractivity contribution in [1.82, 2.24) is 0 Å². The highest BCUT2D eigenvalue weighted by molar-refractivity contribution is 6.25. The molecule has 4 aliphatic carbocycles. The minimum absolute atomic E-state index is 0.0690. The van der Waals surface area contributed by atoms with Crippen LogP contribution in [-0.4, -0.2) is 56.6 Å². The molecule has 1 heterocycles. The average molecular weight is 533 g/mol. The zero-order valence-corrected chi connectivity index (χ0v) is 21.8. The highest BCUT2D eigenvalue weighted by Gasteiger charge is 2.59. The molecular weight excluding hydrogens is 500 g/mol. The maximum absolute atomic E-state index is 13.8. The van der Waals surface area contributed by atoms with Crippen LogP contribution in [-0.2, 0) is 20.7 Å². The second-order valence-electron chi connectivity index (χ2n) is 11.5. The summed E-state index contributed by atoms with van der Waals surface area (Å²) in [4.78, 5) is 39.0. The second-order valence-corrected chi connectivity index (χ2v) is 11.5. The third kappa shape index (κ3) is 3.92. The number of phenols is 1. The van der Waals surface area contributed by atoms with Crippen molar-refractivity contribution >= 4 is 22.9 Å². The fourth-order valence-corrected chi connectivity index (χ4v) is 7.26. The quantitative estimate of drug-likeness (QED) is 0.423. The summed E-state index contributed by atoms with van der Waals surface area (Å²) in [6.07, 6.45) is 8.37. The summed E-state index contributed by atoms with van der Waals surface area (Å²) in [5, 5.41) is 43.9. The molecule has 0 radical (unpaired) electrons. The predicted molar refractivity (Wildman–Crippen MR) is 141 cm³/mol. The van der Waals surface area contributed by atoms with Gasteiger partial charge in [0.05, 0.1) is 5.56 Å². The molecule has 5 aliphatic rings. The molecular formula is C31H32O8. The van der Waals surface area contributed by atoms with E-state index < -0.39 is 51.9 Å². The number of fused-ring (bicyclic) bond motifs is 3. The maximum atomic E-state index is 13.8. The highest BCUT2D eigenvalue weighted by atomic mass is 16.5. The Balaban J connectivity index is 1.34. The van der Waals surface area contributed by atoms with Crippen molar-refractivity contribution in [1.29, 1.82) is 0 Å². The van der Waals surface area contributed by atoms with Crippen molar-refractivity contribution < 1.29 is 39.5 Å². The third-order valence-electron chi connectivity index (χ3n) is 9.23. The van der Waals surface area contributed by atoms with Crippen molar-refractivity contribution in [3.63, 3.8) is 0 Å². The molecule has 39 heavy (non-hydrogen) atoms. The smallest absolute Gasteiger partial charge is 0.209 e. The molecule has 8 heteroatoms. The number of hydrogen-bond acceptors (Lipinski definition) is 8. The number of aliphatic hydroxyl groups is 3. The molecule has 0 aromatic heterocycles. The van der Waals surface area contributed by atoms with Crippen molar-refractivity contribution in [2.45, 2.75) is 57.5 Å². The number of carbonyl (C=O) groups excluding carboxylic acids is 3. The number of ketones is 3. The van der Waals surface area contributed by atoms with E-state index in [4.69, 9.17) is 4.74 Å². The summed E-state index contributed by atoms with van der Waals surface area (Å²) < 4.78 is 5.48. The number of ether oxygens (including phenoxy) is 1.